The van der Waals surface area contributed by atoms with Crippen molar-refractivity contribution in [3.63, 3.8) is 0 Å². The van der Waals surface area contributed by atoms with Crippen LogP contribution in [0.5, 0.6) is 5.75 Å². The van der Waals surface area contributed by atoms with Crippen LogP contribution in [0.15, 0.2) is 12.1 Å². The number of nitrogens with zero attached hydrogens (tertiary/aromatic N) is 2. The molecule has 78 valence electrons. The molecule has 0 bridgehead atoms. The van der Waals surface area contributed by atoms with Crippen LogP contribution in [0.25, 0.3) is 0 Å². The molecule has 1 aromatic rings. The molecule has 1 atom stereocenters. The van der Waals surface area contributed by atoms with Gasteiger partial charge in [-0.15, -0.1) is 0 Å². The van der Waals surface area contributed by atoms with E-state index in [0.29, 0.717) is 5.69 Å². The van der Waals surface area contributed by atoms with Gasteiger partial charge < -0.3 is 9.84 Å². The molecule has 5 heteroatoms. The SMILES string of the molecule is Cc1ccc(OC(C)C#N)c(C(=O)O)n1. The highest BCUT2D eigenvalue weighted by molar-refractivity contribution is 5.88. The summed E-state index contributed by atoms with van der Waals surface area (Å²) in [5.41, 5.74) is 0.418. The number of pyridine rings is 1. The third-order valence-electron chi connectivity index (χ3n) is 1.69. The molecule has 1 N–H and O–H groups in total. The summed E-state index contributed by atoms with van der Waals surface area (Å²) in [5.74, 6) is -1.05. The van der Waals surface area contributed by atoms with Crippen molar-refractivity contribution in [1.82, 2.24) is 4.98 Å². The lowest BCUT2D eigenvalue weighted by molar-refractivity contribution is 0.0684. The van der Waals surface area contributed by atoms with Gasteiger partial charge in [-0.3, -0.25) is 0 Å². The largest absolute Gasteiger partial charge is 0.476 e. The fraction of sp³-hybridized carbons (Fsp3) is 0.300. The zero-order valence-corrected chi connectivity index (χ0v) is 8.39. The first-order chi connectivity index (χ1) is 7.04. The zero-order valence-electron chi connectivity index (χ0n) is 8.39. The number of carboxylic acid groups (broad SMARTS) is 1. The van der Waals surface area contributed by atoms with E-state index in [-0.39, 0.29) is 11.4 Å². The first-order valence-electron chi connectivity index (χ1n) is 4.32. The van der Waals surface area contributed by atoms with Gasteiger partial charge in [0.15, 0.2) is 17.5 Å². The number of aryl methyl sites for hydroxylation is 1. The van der Waals surface area contributed by atoms with E-state index < -0.39 is 12.1 Å². The predicted molar refractivity (Wildman–Crippen MR) is 51.6 cm³/mol. The van der Waals surface area contributed by atoms with E-state index in [4.69, 9.17) is 15.1 Å². The van der Waals surface area contributed by atoms with Gasteiger partial charge in [0.25, 0.3) is 0 Å². The molecule has 1 aromatic heterocycles. The molecular formula is C10H10N2O3. The van der Waals surface area contributed by atoms with E-state index in [1.54, 1.807) is 13.0 Å². The van der Waals surface area contributed by atoms with Crippen LogP contribution >= 0.6 is 0 Å². The Morgan fingerprint density at radius 2 is 2.33 bits per heavy atom. The molecule has 1 heterocycles. The molecule has 0 aliphatic rings. The molecule has 0 amide bonds. The van der Waals surface area contributed by atoms with Crippen molar-refractivity contribution in [2.45, 2.75) is 20.0 Å². The second-order valence-corrected chi connectivity index (χ2v) is 2.99. The van der Waals surface area contributed by atoms with Crippen molar-refractivity contribution in [2.24, 2.45) is 0 Å². The van der Waals surface area contributed by atoms with E-state index in [1.165, 1.54) is 13.0 Å². The number of aromatic carboxylic acids is 1. The Labute approximate surface area is 86.9 Å². The summed E-state index contributed by atoms with van der Waals surface area (Å²) in [7, 11) is 0. The van der Waals surface area contributed by atoms with Gasteiger partial charge in [-0.25, -0.2) is 9.78 Å². The Hall–Kier alpha value is -2.09. The van der Waals surface area contributed by atoms with Gasteiger partial charge in [0, 0.05) is 5.69 Å². The number of aromatic nitrogens is 1. The second kappa shape index (κ2) is 4.42. The van der Waals surface area contributed by atoms with Crippen LogP contribution in [0.3, 0.4) is 0 Å². The third kappa shape index (κ3) is 2.68. The highest BCUT2D eigenvalue weighted by Gasteiger charge is 2.15. The Morgan fingerprint density at radius 3 is 2.87 bits per heavy atom. The maximum Gasteiger partial charge on any atom is 0.358 e. The monoisotopic (exact) mass is 206 g/mol. The van der Waals surface area contributed by atoms with Crippen molar-refractivity contribution in [3.8, 4) is 11.8 Å². The summed E-state index contributed by atoms with van der Waals surface area (Å²) in [5, 5.41) is 17.4. The normalized spacial score (nSPS) is 11.5. The van der Waals surface area contributed by atoms with Crippen molar-refractivity contribution in [2.75, 3.05) is 0 Å². The summed E-state index contributed by atoms with van der Waals surface area (Å²) in [6.07, 6.45) is -0.701. The molecule has 1 unspecified atom stereocenters. The Balaban J connectivity index is 3.07. The summed E-state index contributed by atoms with van der Waals surface area (Å²) in [4.78, 5) is 14.6. The topological polar surface area (TPSA) is 83.2 Å². The minimum absolute atomic E-state index is 0.113. The minimum Gasteiger partial charge on any atom is -0.476 e. The molecule has 0 radical (unpaired) electrons. The standard InChI is InChI=1S/C10H10N2O3/c1-6-3-4-8(15-7(2)5-11)9(12-6)10(13)14/h3-4,7H,1-2H3,(H,13,14). The number of nitriles is 1. The van der Waals surface area contributed by atoms with Gasteiger partial charge in [-0.05, 0) is 26.0 Å². The predicted octanol–water partition coefficient (Wildman–Crippen LogP) is 1.38. The molecule has 0 aromatic carbocycles. The van der Waals surface area contributed by atoms with Gasteiger partial charge in [0.1, 0.15) is 6.07 Å². The lowest BCUT2D eigenvalue weighted by Gasteiger charge is -2.09. The molecule has 0 aliphatic carbocycles. The number of carbonyl (C=O) groups is 1. The van der Waals surface area contributed by atoms with Gasteiger partial charge in [-0.1, -0.05) is 0 Å². The summed E-state index contributed by atoms with van der Waals surface area (Å²) in [6, 6.07) is 4.98. The van der Waals surface area contributed by atoms with Crippen molar-refractivity contribution >= 4 is 5.97 Å². The van der Waals surface area contributed by atoms with Crippen LogP contribution in [-0.2, 0) is 0 Å². The Bertz CT molecular complexity index is 423. The van der Waals surface area contributed by atoms with Crippen molar-refractivity contribution in [1.29, 1.82) is 5.26 Å². The minimum atomic E-state index is -1.17. The highest BCUT2D eigenvalue weighted by Crippen LogP contribution is 2.18. The quantitative estimate of drug-likeness (QED) is 0.807. The fourth-order valence-electron chi connectivity index (χ4n) is 1.01. The number of carboxylic acids is 1. The van der Waals surface area contributed by atoms with Crippen LogP contribution in [0.1, 0.15) is 23.1 Å². The van der Waals surface area contributed by atoms with Gasteiger partial charge >= 0.3 is 5.97 Å². The van der Waals surface area contributed by atoms with Crippen molar-refractivity contribution in [3.05, 3.63) is 23.5 Å². The summed E-state index contributed by atoms with van der Waals surface area (Å²) >= 11 is 0. The molecule has 5 nitrogen and oxygen atoms in total. The van der Waals surface area contributed by atoms with Crippen LogP contribution < -0.4 is 4.74 Å². The Kier molecular flexibility index (Phi) is 3.24. The van der Waals surface area contributed by atoms with Gasteiger partial charge in [0.2, 0.25) is 0 Å². The average molecular weight is 206 g/mol. The maximum atomic E-state index is 10.8. The molecule has 0 aliphatic heterocycles. The van der Waals surface area contributed by atoms with E-state index in [2.05, 4.69) is 4.98 Å². The molecule has 0 saturated heterocycles. The first-order valence-corrected chi connectivity index (χ1v) is 4.32. The van der Waals surface area contributed by atoms with E-state index in [1.807, 2.05) is 6.07 Å². The maximum absolute atomic E-state index is 10.8. The first kappa shape index (κ1) is 11.0. The van der Waals surface area contributed by atoms with E-state index in [9.17, 15) is 4.79 Å². The highest BCUT2D eigenvalue weighted by atomic mass is 16.5. The molecule has 0 spiro atoms. The van der Waals surface area contributed by atoms with Gasteiger partial charge in [-0.2, -0.15) is 5.26 Å². The number of ether oxygens (including phenoxy) is 1. The molecule has 15 heavy (non-hydrogen) atoms. The number of rotatable bonds is 3. The molecule has 0 saturated carbocycles. The van der Waals surface area contributed by atoms with Crippen molar-refractivity contribution < 1.29 is 14.6 Å². The Morgan fingerprint density at radius 1 is 1.67 bits per heavy atom. The molecular weight excluding hydrogens is 196 g/mol. The summed E-state index contributed by atoms with van der Waals surface area (Å²) in [6.45, 7) is 3.22. The van der Waals surface area contributed by atoms with E-state index in [0.717, 1.165) is 0 Å². The lowest BCUT2D eigenvalue weighted by Crippen LogP contribution is -2.13. The fourth-order valence-corrected chi connectivity index (χ4v) is 1.01. The average Bonchev–Trinajstić information content (AvgIpc) is 2.20. The summed E-state index contributed by atoms with van der Waals surface area (Å²) < 4.78 is 5.11. The lowest BCUT2D eigenvalue weighted by atomic mass is 10.3. The second-order valence-electron chi connectivity index (χ2n) is 2.99. The van der Waals surface area contributed by atoms with Crippen LogP contribution in [0, 0.1) is 18.3 Å². The third-order valence-corrected chi connectivity index (χ3v) is 1.69. The molecule has 1 rings (SSSR count). The number of hydrogen-bond acceptors (Lipinski definition) is 4. The zero-order chi connectivity index (χ0) is 11.4. The van der Waals surface area contributed by atoms with E-state index >= 15 is 0 Å². The van der Waals surface area contributed by atoms with Crippen LogP contribution in [-0.4, -0.2) is 22.2 Å². The van der Waals surface area contributed by atoms with Crippen LogP contribution in [0.4, 0.5) is 0 Å². The van der Waals surface area contributed by atoms with Crippen LogP contribution in [0.2, 0.25) is 0 Å². The molecule has 0 fully saturated rings. The number of hydrogen-bond donors (Lipinski definition) is 1. The van der Waals surface area contributed by atoms with Gasteiger partial charge in [0.05, 0.1) is 0 Å². The smallest absolute Gasteiger partial charge is 0.358 e.